The molecule has 180 valence electrons. The summed E-state index contributed by atoms with van der Waals surface area (Å²) in [6.45, 7) is 4.48. The van der Waals surface area contributed by atoms with Gasteiger partial charge in [-0.05, 0) is 37.3 Å². The van der Waals surface area contributed by atoms with E-state index in [1.807, 2.05) is 17.9 Å². The van der Waals surface area contributed by atoms with Crippen LogP contribution in [0.1, 0.15) is 24.4 Å². The van der Waals surface area contributed by atoms with Crippen LogP contribution in [0.3, 0.4) is 0 Å². The molecule has 1 aliphatic heterocycles. The molecule has 1 fully saturated rings. The molecule has 0 unspecified atom stereocenters. The predicted molar refractivity (Wildman–Crippen MR) is 124 cm³/mol. The Balaban J connectivity index is 1.33. The average molecular weight is 494 g/mol. The SMILES string of the molecule is C[C@@H](c1nc2ccccc2c(=O)[nH]1)N1CCN(CC(=O)Nc2ccc(Cl)c(C(F)(F)F)c2)CC1. The Kier molecular flexibility index (Phi) is 6.92. The zero-order chi connectivity index (χ0) is 24.5. The molecule has 0 saturated carbocycles. The molecule has 3 aromatic rings. The summed E-state index contributed by atoms with van der Waals surface area (Å²) in [5.41, 5.74) is -0.492. The number of amides is 1. The van der Waals surface area contributed by atoms with Crippen LogP contribution in [0.2, 0.25) is 5.02 Å². The third-order valence-corrected chi connectivity index (χ3v) is 6.23. The van der Waals surface area contributed by atoms with Gasteiger partial charge < -0.3 is 10.3 Å². The lowest BCUT2D eigenvalue weighted by Crippen LogP contribution is -2.49. The molecule has 1 atom stereocenters. The van der Waals surface area contributed by atoms with Crippen molar-refractivity contribution in [3.63, 3.8) is 0 Å². The summed E-state index contributed by atoms with van der Waals surface area (Å²) in [5.74, 6) is 0.176. The Bertz CT molecular complexity index is 1260. The number of aromatic nitrogens is 2. The average Bonchev–Trinajstić information content (AvgIpc) is 2.79. The number of anilines is 1. The van der Waals surface area contributed by atoms with Crippen molar-refractivity contribution in [2.75, 3.05) is 38.0 Å². The number of hydrogen-bond acceptors (Lipinski definition) is 5. The number of benzene rings is 2. The number of carbonyl (C=O) groups excluding carboxylic acids is 1. The standard InChI is InChI=1S/C23H23ClF3N5O2/c1-14(21-29-19-5-3-2-4-16(19)22(34)30-21)32-10-8-31(9-11-32)13-20(33)28-15-6-7-18(24)17(12-15)23(25,26)27/h2-7,12,14H,8-11,13H2,1H3,(H,28,33)(H,29,30,34)/t14-/m0/s1. The fourth-order valence-electron chi connectivity index (χ4n) is 4.01. The van der Waals surface area contributed by atoms with Gasteiger partial charge >= 0.3 is 6.18 Å². The highest BCUT2D eigenvalue weighted by Crippen LogP contribution is 2.36. The van der Waals surface area contributed by atoms with Gasteiger partial charge in [-0.1, -0.05) is 23.7 Å². The second kappa shape index (κ2) is 9.73. The first kappa shape index (κ1) is 24.2. The lowest BCUT2D eigenvalue weighted by atomic mass is 10.2. The monoisotopic (exact) mass is 493 g/mol. The Labute approximate surface area is 198 Å². The highest BCUT2D eigenvalue weighted by Gasteiger charge is 2.33. The van der Waals surface area contributed by atoms with Gasteiger partial charge in [0.15, 0.2) is 0 Å². The first-order valence-corrected chi connectivity index (χ1v) is 11.1. The van der Waals surface area contributed by atoms with E-state index >= 15 is 0 Å². The number of piperazine rings is 1. The first-order valence-electron chi connectivity index (χ1n) is 10.7. The molecular weight excluding hydrogens is 471 g/mol. The molecule has 11 heteroatoms. The molecule has 1 aliphatic rings. The van der Waals surface area contributed by atoms with Gasteiger partial charge in [-0.25, -0.2) is 4.98 Å². The van der Waals surface area contributed by atoms with Crippen LogP contribution < -0.4 is 10.9 Å². The van der Waals surface area contributed by atoms with E-state index in [0.717, 1.165) is 12.1 Å². The third-order valence-electron chi connectivity index (χ3n) is 5.90. The topological polar surface area (TPSA) is 81.3 Å². The van der Waals surface area contributed by atoms with Crippen LogP contribution in [0.15, 0.2) is 47.3 Å². The van der Waals surface area contributed by atoms with E-state index in [2.05, 4.69) is 20.2 Å². The van der Waals surface area contributed by atoms with Gasteiger partial charge in [0.2, 0.25) is 5.91 Å². The van der Waals surface area contributed by atoms with E-state index in [4.69, 9.17) is 11.6 Å². The normalized spacial score (nSPS) is 16.5. The number of nitrogens with one attached hydrogen (secondary N) is 2. The molecule has 2 aromatic carbocycles. The zero-order valence-electron chi connectivity index (χ0n) is 18.3. The van der Waals surface area contributed by atoms with Gasteiger partial charge in [0.05, 0.1) is 34.1 Å². The fourth-order valence-corrected chi connectivity index (χ4v) is 4.23. The smallest absolute Gasteiger partial charge is 0.325 e. The summed E-state index contributed by atoms with van der Waals surface area (Å²) in [5, 5.41) is 2.63. The third kappa shape index (κ3) is 5.40. The van der Waals surface area contributed by atoms with Crippen molar-refractivity contribution in [2.24, 2.45) is 0 Å². The quantitative estimate of drug-likeness (QED) is 0.563. The second-order valence-electron chi connectivity index (χ2n) is 8.20. The van der Waals surface area contributed by atoms with Crippen LogP contribution >= 0.6 is 11.6 Å². The molecule has 0 spiro atoms. The van der Waals surface area contributed by atoms with Crippen molar-refractivity contribution in [3.05, 3.63) is 69.2 Å². The highest BCUT2D eigenvalue weighted by molar-refractivity contribution is 6.31. The predicted octanol–water partition coefficient (Wildman–Crippen LogP) is 3.91. The van der Waals surface area contributed by atoms with E-state index in [1.165, 1.54) is 6.07 Å². The molecule has 34 heavy (non-hydrogen) atoms. The van der Waals surface area contributed by atoms with Crippen LogP contribution in [0, 0.1) is 0 Å². The molecule has 1 amide bonds. The van der Waals surface area contributed by atoms with Crippen molar-refractivity contribution in [3.8, 4) is 0 Å². The summed E-state index contributed by atoms with van der Waals surface area (Å²) in [4.78, 5) is 36.3. The summed E-state index contributed by atoms with van der Waals surface area (Å²) in [6.07, 6.45) is -4.60. The molecule has 0 aliphatic carbocycles. The largest absolute Gasteiger partial charge is 0.417 e. The minimum Gasteiger partial charge on any atom is -0.325 e. The van der Waals surface area contributed by atoms with Gasteiger partial charge in [-0.2, -0.15) is 13.2 Å². The van der Waals surface area contributed by atoms with Gasteiger partial charge in [0, 0.05) is 31.9 Å². The molecule has 0 bridgehead atoms. The van der Waals surface area contributed by atoms with Crippen LogP contribution in [-0.2, 0) is 11.0 Å². The number of para-hydroxylation sites is 1. The molecule has 7 nitrogen and oxygen atoms in total. The van der Waals surface area contributed by atoms with Crippen LogP contribution in [0.5, 0.6) is 0 Å². The maximum Gasteiger partial charge on any atom is 0.417 e. The number of nitrogens with zero attached hydrogens (tertiary/aromatic N) is 3. The number of alkyl halides is 3. The molecule has 0 radical (unpaired) electrons. The summed E-state index contributed by atoms with van der Waals surface area (Å²) in [6, 6.07) is 10.3. The number of fused-ring (bicyclic) bond motifs is 1. The number of halogens is 4. The minimum atomic E-state index is -4.60. The summed E-state index contributed by atoms with van der Waals surface area (Å²) >= 11 is 5.62. The maximum atomic E-state index is 13.0. The molecule has 2 heterocycles. The van der Waals surface area contributed by atoms with Crippen molar-refractivity contribution in [1.29, 1.82) is 0 Å². The van der Waals surface area contributed by atoms with E-state index < -0.39 is 22.7 Å². The van der Waals surface area contributed by atoms with Crippen molar-refractivity contribution in [1.82, 2.24) is 19.8 Å². The van der Waals surface area contributed by atoms with Crippen molar-refractivity contribution < 1.29 is 18.0 Å². The second-order valence-corrected chi connectivity index (χ2v) is 8.60. The fraction of sp³-hybridized carbons (Fsp3) is 0.348. The number of carbonyl (C=O) groups is 1. The number of hydrogen-bond donors (Lipinski definition) is 2. The highest BCUT2D eigenvalue weighted by atomic mass is 35.5. The van der Waals surface area contributed by atoms with Crippen molar-refractivity contribution >= 4 is 34.1 Å². The van der Waals surface area contributed by atoms with Gasteiger partial charge in [0.25, 0.3) is 5.56 Å². The van der Waals surface area contributed by atoms with Crippen LogP contribution in [0.25, 0.3) is 10.9 Å². The number of aromatic amines is 1. The Morgan fingerprint density at radius 3 is 2.59 bits per heavy atom. The lowest BCUT2D eigenvalue weighted by Gasteiger charge is -2.37. The molecule has 4 rings (SSSR count). The Hall–Kier alpha value is -2.95. The van der Waals surface area contributed by atoms with Gasteiger partial charge in [-0.3, -0.25) is 19.4 Å². The maximum absolute atomic E-state index is 13.0. The summed E-state index contributed by atoms with van der Waals surface area (Å²) in [7, 11) is 0. The first-order chi connectivity index (χ1) is 16.1. The minimum absolute atomic E-state index is 0.0420. The van der Waals surface area contributed by atoms with Gasteiger partial charge in [-0.15, -0.1) is 0 Å². The van der Waals surface area contributed by atoms with E-state index in [-0.39, 0.29) is 23.8 Å². The molecular formula is C23H23ClF3N5O2. The Morgan fingerprint density at radius 1 is 1.18 bits per heavy atom. The van der Waals surface area contributed by atoms with E-state index in [0.29, 0.717) is 42.9 Å². The number of rotatable bonds is 5. The van der Waals surface area contributed by atoms with Crippen LogP contribution in [0.4, 0.5) is 18.9 Å². The van der Waals surface area contributed by atoms with Gasteiger partial charge in [0.1, 0.15) is 5.82 Å². The van der Waals surface area contributed by atoms with E-state index in [1.54, 1.807) is 18.2 Å². The number of H-pyrrole nitrogens is 1. The molecule has 2 N–H and O–H groups in total. The zero-order valence-corrected chi connectivity index (χ0v) is 19.1. The van der Waals surface area contributed by atoms with E-state index in [9.17, 15) is 22.8 Å². The Morgan fingerprint density at radius 2 is 1.88 bits per heavy atom. The lowest BCUT2D eigenvalue weighted by molar-refractivity contribution is -0.137. The molecule has 1 saturated heterocycles. The summed E-state index contributed by atoms with van der Waals surface area (Å²) < 4.78 is 39.1. The van der Waals surface area contributed by atoms with Crippen molar-refractivity contribution in [2.45, 2.75) is 19.1 Å². The molecule has 1 aromatic heterocycles. The van der Waals surface area contributed by atoms with Crippen LogP contribution in [-0.4, -0.2) is 58.4 Å².